The number of nitrogens with zero attached hydrogens (tertiary/aromatic N) is 3. The number of fused-ring (bicyclic) bond motifs is 1. The van der Waals surface area contributed by atoms with Crippen LogP contribution in [0.15, 0.2) is 72.6 Å². The number of aromatic nitrogens is 2. The van der Waals surface area contributed by atoms with E-state index in [-0.39, 0.29) is 11.7 Å². The van der Waals surface area contributed by atoms with E-state index >= 15 is 0 Å². The fraction of sp³-hybridized carbons (Fsp3) is 0.174. The van der Waals surface area contributed by atoms with E-state index in [0.29, 0.717) is 23.3 Å². The molecular formula is C23H20FN3O2. The number of benzene rings is 1. The lowest BCUT2D eigenvalue weighted by Crippen LogP contribution is -2.28. The van der Waals surface area contributed by atoms with Crippen molar-refractivity contribution in [3.63, 3.8) is 0 Å². The van der Waals surface area contributed by atoms with Gasteiger partial charge in [0.1, 0.15) is 17.2 Å². The molecule has 0 radical (unpaired) electrons. The molecule has 0 fully saturated rings. The Kier molecular flexibility index (Phi) is 4.84. The van der Waals surface area contributed by atoms with Gasteiger partial charge < -0.3 is 4.90 Å². The molecule has 1 amide bonds. The van der Waals surface area contributed by atoms with Crippen LogP contribution in [0.3, 0.4) is 0 Å². The number of likely N-dealkylation sites (N-methyl/N-ethyl adjacent to an activating group) is 1. The zero-order valence-corrected chi connectivity index (χ0v) is 16.2. The first-order valence-corrected chi connectivity index (χ1v) is 9.34. The minimum absolute atomic E-state index is 0.132. The first-order valence-electron chi connectivity index (χ1n) is 9.34. The van der Waals surface area contributed by atoms with Crippen molar-refractivity contribution >= 4 is 23.0 Å². The number of imidazole rings is 1. The Morgan fingerprint density at radius 1 is 1.17 bits per heavy atom. The van der Waals surface area contributed by atoms with Gasteiger partial charge in [-0.25, -0.2) is 9.37 Å². The number of carbonyl (C=O) groups excluding carboxylic acids is 2. The molecule has 29 heavy (non-hydrogen) atoms. The summed E-state index contributed by atoms with van der Waals surface area (Å²) in [6, 6.07) is 10.5. The van der Waals surface area contributed by atoms with E-state index in [1.165, 1.54) is 28.9 Å². The summed E-state index contributed by atoms with van der Waals surface area (Å²) >= 11 is 0. The molecule has 5 nitrogen and oxygen atoms in total. The molecule has 146 valence electrons. The van der Waals surface area contributed by atoms with Crippen molar-refractivity contribution in [3.8, 4) is 0 Å². The summed E-state index contributed by atoms with van der Waals surface area (Å²) in [5, 5.41) is 0. The van der Waals surface area contributed by atoms with E-state index in [9.17, 15) is 14.0 Å². The van der Waals surface area contributed by atoms with Crippen LogP contribution in [0.25, 0.3) is 5.65 Å². The molecule has 4 rings (SSSR count). The lowest BCUT2D eigenvalue weighted by atomic mass is 9.91. The number of anilines is 1. The minimum Gasteiger partial charge on any atom is -0.311 e. The molecule has 1 aliphatic carbocycles. The third-order valence-electron chi connectivity index (χ3n) is 5.13. The van der Waals surface area contributed by atoms with Gasteiger partial charge in [0.05, 0.1) is 6.20 Å². The first kappa shape index (κ1) is 18.8. The fourth-order valence-corrected chi connectivity index (χ4v) is 3.38. The second kappa shape index (κ2) is 7.47. The van der Waals surface area contributed by atoms with Crippen LogP contribution in [0.1, 0.15) is 22.5 Å². The molecule has 0 N–H and O–H groups in total. The second-order valence-electron chi connectivity index (χ2n) is 7.14. The number of aryl methyl sites for hydroxylation is 1. The van der Waals surface area contributed by atoms with E-state index in [0.717, 1.165) is 11.3 Å². The van der Waals surface area contributed by atoms with Crippen molar-refractivity contribution in [1.29, 1.82) is 0 Å². The number of ketones is 1. The predicted octanol–water partition coefficient (Wildman–Crippen LogP) is 4.13. The summed E-state index contributed by atoms with van der Waals surface area (Å²) in [6.45, 7) is 1.99. The maximum absolute atomic E-state index is 13.6. The molecule has 0 aliphatic heterocycles. The molecule has 2 aromatic heterocycles. The Balaban J connectivity index is 1.49. The number of amides is 1. The molecule has 1 aromatic carbocycles. The van der Waals surface area contributed by atoms with Crippen LogP contribution in [0, 0.1) is 18.7 Å². The quantitative estimate of drug-likeness (QED) is 0.631. The number of halogens is 1. The van der Waals surface area contributed by atoms with Crippen molar-refractivity contribution in [2.45, 2.75) is 13.3 Å². The maximum atomic E-state index is 13.6. The van der Waals surface area contributed by atoms with Gasteiger partial charge in [0.15, 0.2) is 5.78 Å². The van der Waals surface area contributed by atoms with E-state index in [1.807, 2.05) is 31.2 Å². The van der Waals surface area contributed by atoms with Crippen molar-refractivity contribution < 1.29 is 14.0 Å². The zero-order chi connectivity index (χ0) is 20.5. The third kappa shape index (κ3) is 3.61. The Hall–Kier alpha value is -3.54. The summed E-state index contributed by atoms with van der Waals surface area (Å²) in [4.78, 5) is 31.4. The number of Topliss-reactive ketones (excluding diaryl/α,β-unsaturated/α-hetero) is 1. The molecule has 0 saturated heterocycles. The molecular weight excluding hydrogens is 369 g/mol. The number of carbonyl (C=O) groups is 2. The largest absolute Gasteiger partial charge is 0.311 e. The Bertz CT molecular complexity index is 1160. The molecule has 0 bridgehead atoms. The van der Waals surface area contributed by atoms with Gasteiger partial charge in [-0.15, -0.1) is 0 Å². The summed E-state index contributed by atoms with van der Waals surface area (Å²) in [5.74, 6) is -1.14. The number of rotatable bonds is 4. The summed E-state index contributed by atoms with van der Waals surface area (Å²) in [5.41, 5.74) is 3.32. The smallest absolute Gasteiger partial charge is 0.257 e. The van der Waals surface area contributed by atoms with Gasteiger partial charge in [0, 0.05) is 30.4 Å². The average molecular weight is 389 g/mol. The topological polar surface area (TPSA) is 54.7 Å². The van der Waals surface area contributed by atoms with Gasteiger partial charge in [-0.3, -0.25) is 14.0 Å². The van der Waals surface area contributed by atoms with Gasteiger partial charge >= 0.3 is 0 Å². The molecule has 1 atom stereocenters. The van der Waals surface area contributed by atoms with Gasteiger partial charge in [-0.2, -0.15) is 0 Å². The van der Waals surface area contributed by atoms with Crippen LogP contribution in [0.2, 0.25) is 0 Å². The van der Waals surface area contributed by atoms with Crippen LogP contribution in [0.4, 0.5) is 10.1 Å². The molecule has 2 heterocycles. The Morgan fingerprint density at radius 3 is 2.62 bits per heavy atom. The SMILES string of the molecule is Cc1ccc(N(C)C(=O)C2=CCC(C(=O)c3cnc4ccc(F)cn34)C=C2)cc1. The number of hydrogen-bond acceptors (Lipinski definition) is 3. The highest BCUT2D eigenvalue weighted by molar-refractivity contribution is 6.08. The minimum atomic E-state index is -0.435. The first-order chi connectivity index (χ1) is 13.9. The van der Waals surface area contributed by atoms with E-state index in [1.54, 1.807) is 30.2 Å². The second-order valence-corrected chi connectivity index (χ2v) is 7.14. The number of hydrogen-bond donors (Lipinski definition) is 0. The molecule has 1 unspecified atom stereocenters. The monoisotopic (exact) mass is 389 g/mol. The van der Waals surface area contributed by atoms with Crippen LogP contribution < -0.4 is 4.90 Å². The summed E-state index contributed by atoms with van der Waals surface area (Å²) in [6.07, 6.45) is 8.31. The predicted molar refractivity (Wildman–Crippen MR) is 109 cm³/mol. The standard InChI is InChI=1S/C23H20FN3O2/c1-15-3-10-19(11-4-15)26(2)23(29)17-7-5-16(6-8-17)22(28)20-13-25-21-12-9-18(24)14-27(20)21/h3-5,7-14,16H,6H2,1-2H3. The lowest BCUT2D eigenvalue weighted by Gasteiger charge is -2.21. The summed E-state index contributed by atoms with van der Waals surface area (Å²) < 4.78 is 15.0. The molecule has 3 aromatic rings. The van der Waals surface area contributed by atoms with Gasteiger partial charge in [0.2, 0.25) is 0 Å². The number of pyridine rings is 1. The highest BCUT2D eigenvalue weighted by atomic mass is 19.1. The van der Waals surface area contributed by atoms with E-state index in [2.05, 4.69) is 4.98 Å². The molecule has 6 heteroatoms. The Morgan fingerprint density at radius 2 is 1.93 bits per heavy atom. The van der Waals surface area contributed by atoms with Gasteiger partial charge in [0.25, 0.3) is 5.91 Å². The van der Waals surface area contributed by atoms with E-state index in [4.69, 9.17) is 0 Å². The van der Waals surface area contributed by atoms with Crippen molar-refractivity contribution in [1.82, 2.24) is 9.38 Å². The van der Waals surface area contributed by atoms with Crippen molar-refractivity contribution in [3.05, 3.63) is 89.7 Å². The third-order valence-corrected chi connectivity index (χ3v) is 5.13. The fourth-order valence-electron chi connectivity index (χ4n) is 3.38. The zero-order valence-electron chi connectivity index (χ0n) is 16.2. The molecule has 0 spiro atoms. The average Bonchev–Trinajstić information content (AvgIpc) is 3.16. The summed E-state index contributed by atoms with van der Waals surface area (Å²) in [7, 11) is 1.73. The van der Waals surface area contributed by atoms with Crippen LogP contribution in [-0.2, 0) is 4.79 Å². The maximum Gasteiger partial charge on any atom is 0.257 e. The number of allylic oxidation sites excluding steroid dienone is 2. The lowest BCUT2D eigenvalue weighted by molar-refractivity contribution is -0.114. The molecule has 0 saturated carbocycles. The highest BCUT2D eigenvalue weighted by Gasteiger charge is 2.24. The van der Waals surface area contributed by atoms with Crippen LogP contribution in [0.5, 0.6) is 0 Å². The van der Waals surface area contributed by atoms with Crippen LogP contribution >= 0.6 is 0 Å². The van der Waals surface area contributed by atoms with Gasteiger partial charge in [-0.05, 0) is 37.6 Å². The van der Waals surface area contributed by atoms with E-state index < -0.39 is 11.7 Å². The van der Waals surface area contributed by atoms with Crippen molar-refractivity contribution in [2.24, 2.45) is 5.92 Å². The van der Waals surface area contributed by atoms with Crippen molar-refractivity contribution in [2.75, 3.05) is 11.9 Å². The molecule has 1 aliphatic rings. The van der Waals surface area contributed by atoms with Gasteiger partial charge in [-0.1, -0.05) is 35.9 Å². The Labute approximate surface area is 167 Å². The van der Waals surface area contributed by atoms with Crippen LogP contribution in [-0.4, -0.2) is 28.1 Å². The highest BCUT2D eigenvalue weighted by Crippen LogP contribution is 2.24. The normalized spacial score (nSPS) is 16.0.